The molecule has 3 heterocycles. The first kappa shape index (κ1) is 24.8. The second kappa shape index (κ2) is 13.0. The van der Waals surface area contributed by atoms with Gasteiger partial charge in [-0.15, -0.1) is 0 Å². The van der Waals surface area contributed by atoms with E-state index in [-0.39, 0.29) is 19.1 Å². The zero-order valence-corrected chi connectivity index (χ0v) is 19.1. The standard InChI is InChI=1S/C25H37NO6/c27-21-16-15-19-18-31-17-10-8-6-4-2-1-3-5-7-9-12-20-13-11-14-22(32-20)23(28)25(30)26(19)24(21)29/h1,3,19-20,22H,2,4-18H2. The third-order valence-corrected chi connectivity index (χ3v) is 6.63. The number of fused-ring (bicyclic) bond motifs is 3. The van der Waals surface area contributed by atoms with E-state index in [1.165, 1.54) is 0 Å². The molecule has 2 bridgehead atoms. The van der Waals surface area contributed by atoms with Crippen molar-refractivity contribution < 1.29 is 28.7 Å². The van der Waals surface area contributed by atoms with Crippen LogP contribution in [0.1, 0.15) is 89.9 Å². The lowest BCUT2D eigenvalue weighted by molar-refractivity contribution is -0.166. The predicted octanol–water partition coefficient (Wildman–Crippen LogP) is 3.68. The molecule has 0 spiro atoms. The van der Waals surface area contributed by atoms with E-state index in [9.17, 15) is 19.2 Å². The van der Waals surface area contributed by atoms with Crippen molar-refractivity contribution in [1.82, 2.24) is 4.90 Å². The van der Waals surface area contributed by atoms with E-state index in [0.29, 0.717) is 19.4 Å². The first-order valence-corrected chi connectivity index (χ1v) is 12.4. The zero-order valence-electron chi connectivity index (χ0n) is 19.1. The number of imide groups is 1. The largest absolute Gasteiger partial charge is 0.379 e. The summed E-state index contributed by atoms with van der Waals surface area (Å²) in [7, 11) is 0. The van der Waals surface area contributed by atoms with Gasteiger partial charge in [0.15, 0.2) is 0 Å². The summed E-state index contributed by atoms with van der Waals surface area (Å²) in [4.78, 5) is 51.3. The zero-order chi connectivity index (χ0) is 22.8. The van der Waals surface area contributed by atoms with Gasteiger partial charge in [-0.2, -0.15) is 0 Å². The summed E-state index contributed by atoms with van der Waals surface area (Å²) in [5, 5.41) is 0. The number of carbonyl (C=O) groups is 4. The fraction of sp³-hybridized carbons (Fsp3) is 0.760. The molecule has 0 saturated carbocycles. The minimum atomic E-state index is -0.918. The number of allylic oxidation sites excluding steroid dienone is 2. The fourth-order valence-electron chi connectivity index (χ4n) is 4.72. The molecule has 3 rings (SSSR count). The Kier molecular flexibility index (Phi) is 10.1. The molecule has 2 saturated heterocycles. The highest BCUT2D eigenvalue weighted by molar-refractivity contribution is 6.47. The summed E-state index contributed by atoms with van der Waals surface area (Å²) in [6.07, 6.45) is 15.6. The number of piperidine rings is 1. The molecule has 178 valence electrons. The first-order valence-electron chi connectivity index (χ1n) is 12.4. The monoisotopic (exact) mass is 447 g/mol. The third-order valence-electron chi connectivity index (χ3n) is 6.63. The van der Waals surface area contributed by atoms with Gasteiger partial charge in [0.1, 0.15) is 6.10 Å². The van der Waals surface area contributed by atoms with Crippen LogP contribution in [0.5, 0.6) is 0 Å². The maximum absolute atomic E-state index is 13.0. The highest BCUT2D eigenvalue weighted by Gasteiger charge is 2.43. The molecule has 3 aliphatic heterocycles. The van der Waals surface area contributed by atoms with Gasteiger partial charge in [0.25, 0.3) is 11.8 Å². The molecule has 0 radical (unpaired) electrons. The van der Waals surface area contributed by atoms with Gasteiger partial charge in [0, 0.05) is 13.0 Å². The molecule has 7 nitrogen and oxygen atoms in total. The van der Waals surface area contributed by atoms with Crippen molar-refractivity contribution in [2.24, 2.45) is 0 Å². The van der Waals surface area contributed by atoms with Crippen molar-refractivity contribution in [3.8, 4) is 0 Å². The second-order valence-electron chi connectivity index (χ2n) is 9.17. The number of Topliss-reactive ketones (excluding diaryl/α,β-unsaturated/α-hetero) is 2. The summed E-state index contributed by atoms with van der Waals surface area (Å²) in [6.45, 7) is 0.701. The van der Waals surface area contributed by atoms with Crippen LogP contribution in [0.15, 0.2) is 12.2 Å². The lowest BCUT2D eigenvalue weighted by Gasteiger charge is -2.34. The minimum Gasteiger partial charge on any atom is -0.379 e. The molecule has 0 aliphatic carbocycles. The summed E-state index contributed by atoms with van der Waals surface area (Å²) < 4.78 is 11.7. The van der Waals surface area contributed by atoms with Crippen molar-refractivity contribution in [2.45, 2.75) is 108 Å². The van der Waals surface area contributed by atoms with Crippen LogP contribution in [0.2, 0.25) is 0 Å². The van der Waals surface area contributed by atoms with Gasteiger partial charge in [0.05, 0.1) is 18.8 Å². The molecule has 7 heteroatoms. The Balaban J connectivity index is 1.67. The second-order valence-corrected chi connectivity index (χ2v) is 9.17. The maximum Gasteiger partial charge on any atom is 0.300 e. The van der Waals surface area contributed by atoms with Gasteiger partial charge in [-0.3, -0.25) is 24.1 Å². The minimum absolute atomic E-state index is 0.0404. The molecule has 0 aromatic carbocycles. The lowest BCUT2D eigenvalue weighted by Crippen LogP contribution is -2.57. The molecule has 0 N–H and O–H groups in total. The summed E-state index contributed by atoms with van der Waals surface area (Å²) >= 11 is 0. The van der Waals surface area contributed by atoms with E-state index in [0.717, 1.165) is 75.5 Å². The number of carbonyl (C=O) groups excluding carboxylic acids is 4. The Morgan fingerprint density at radius 3 is 2.28 bits per heavy atom. The van der Waals surface area contributed by atoms with Crippen molar-refractivity contribution in [1.29, 1.82) is 0 Å². The van der Waals surface area contributed by atoms with E-state index >= 15 is 0 Å². The fourth-order valence-corrected chi connectivity index (χ4v) is 4.72. The summed E-state index contributed by atoms with van der Waals surface area (Å²) in [5.41, 5.74) is 0. The van der Waals surface area contributed by atoms with E-state index in [4.69, 9.17) is 9.47 Å². The van der Waals surface area contributed by atoms with Crippen LogP contribution in [0.4, 0.5) is 0 Å². The number of hydrogen-bond acceptors (Lipinski definition) is 6. The highest BCUT2D eigenvalue weighted by Crippen LogP contribution is 2.25. The molecular weight excluding hydrogens is 410 g/mol. The average molecular weight is 448 g/mol. The molecule has 32 heavy (non-hydrogen) atoms. The number of amides is 2. The molecule has 3 unspecified atom stereocenters. The topological polar surface area (TPSA) is 90.0 Å². The van der Waals surface area contributed by atoms with Crippen LogP contribution in [-0.4, -0.2) is 59.7 Å². The first-order chi connectivity index (χ1) is 15.6. The van der Waals surface area contributed by atoms with E-state index in [2.05, 4.69) is 12.2 Å². The van der Waals surface area contributed by atoms with Crippen LogP contribution in [0.3, 0.4) is 0 Å². The Bertz CT molecular complexity index is 703. The number of rotatable bonds is 0. The van der Waals surface area contributed by atoms with E-state index in [1.54, 1.807) is 0 Å². The number of ether oxygens (including phenoxy) is 2. The lowest BCUT2D eigenvalue weighted by atomic mass is 9.95. The molecule has 2 fully saturated rings. The Morgan fingerprint density at radius 1 is 0.750 bits per heavy atom. The van der Waals surface area contributed by atoms with Crippen molar-refractivity contribution in [2.75, 3.05) is 13.2 Å². The van der Waals surface area contributed by atoms with Gasteiger partial charge >= 0.3 is 0 Å². The molecule has 0 aromatic heterocycles. The molecule has 0 aromatic rings. The summed E-state index contributed by atoms with van der Waals surface area (Å²) in [5.74, 6) is -3.14. The maximum atomic E-state index is 13.0. The van der Waals surface area contributed by atoms with Crippen LogP contribution >= 0.6 is 0 Å². The van der Waals surface area contributed by atoms with Gasteiger partial charge < -0.3 is 9.47 Å². The predicted molar refractivity (Wildman–Crippen MR) is 119 cm³/mol. The normalized spacial score (nSPS) is 30.5. The number of hydrogen-bond donors (Lipinski definition) is 0. The molecule has 2 amide bonds. The van der Waals surface area contributed by atoms with E-state index < -0.39 is 35.5 Å². The summed E-state index contributed by atoms with van der Waals surface area (Å²) in [6, 6.07) is -0.574. The molecule has 3 aliphatic rings. The van der Waals surface area contributed by atoms with Crippen LogP contribution in [0.25, 0.3) is 0 Å². The average Bonchev–Trinajstić information content (AvgIpc) is 2.80. The van der Waals surface area contributed by atoms with Crippen molar-refractivity contribution in [3.63, 3.8) is 0 Å². The van der Waals surface area contributed by atoms with Gasteiger partial charge in [-0.25, -0.2) is 0 Å². The molecule has 3 atom stereocenters. The van der Waals surface area contributed by atoms with E-state index in [1.807, 2.05) is 0 Å². The Morgan fingerprint density at radius 2 is 1.47 bits per heavy atom. The number of nitrogens with zero attached hydrogens (tertiary/aromatic N) is 1. The smallest absolute Gasteiger partial charge is 0.300 e. The van der Waals surface area contributed by atoms with Crippen LogP contribution < -0.4 is 0 Å². The number of ketones is 2. The Hall–Kier alpha value is -1.86. The SMILES string of the molecule is O=C1CCC2COCCCCCCC=CCCCCC3CCCC(O3)C(=O)C(=O)N2C1=O. The van der Waals surface area contributed by atoms with Crippen LogP contribution in [-0.2, 0) is 28.7 Å². The van der Waals surface area contributed by atoms with Gasteiger partial charge in [-0.05, 0) is 64.2 Å². The van der Waals surface area contributed by atoms with Crippen molar-refractivity contribution >= 4 is 23.4 Å². The molecular formula is C25H37NO6. The third kappa shape index (κ3) is 7.07. The van der Waals surface area contributed by atoms with Crippen LogP contribution in [0, 0.1) is 0 Å². The van der Waals surface area contributed by atoms with Gasteiger partial charge in [-0.1, -0.05) is 31.4 Å². The van der Waals surface area contributed by atoms with Gasteiger partial charge in [0.2, 0.25) is 11.6 Å². The highest BCUT2D eigenvalue weighted by atomic mass is 16.5. The quantitative estimate of drug-likeness (QED) is 0.320. The Labute approximate surface area is 190 Å². The van der Waals surface area contributed by atoms with Crippen molar-refractivity contribution in [3.05, 3.63) is 12.2 Å².